The highest BCUT2D eigenvalue weighted by molar-refractivity contribution is 5.79. The van der Waals surface area contributed by atoms with E-state index in [1.807, 2.05) is 38.1 Å². The standard InChI is InChI=1S/C18H23N3O3/c1-13-3-4-16(11-14(13)2)24-12-18(23)21-9-6-15(7-10-21)20-17(22)5-8-19/h3-4,11,15H,5-7,9-10,12H2,1-2H3,(H,20,22). The number of likely N-dealkylation sites (tertiary alicyclic amines) is 1. The number of carbonyl (C=O) groups is 2. The Balaban J connectivity index is 1.75. The summed E-state index contributed by atoms with van der Waals surface area (Å²) >= 11 is 0. The van der Waals surface area contributed by atoms with E-state index in [-0.39, 0.29) is 30.9 Å². The Labute approximate surface area is 142 Å². The Hall–Kier alpha value is -2.55. The van der Waals surface area contributed by atoms with Gasteiger partial charge in [-0.05, 0) is 49.9 Å². The highest BCUT2D eigenvalue weighted by Gasteiger charge is 2.23. The third-order valence-corrected chi connectivity index (χ3v) is 4.29. The quantitative estimate of drug-likeness (QED) is 0.891. The van der Waals surface area contributed by atoms with Crippen molar-refractivity contribution in [3.8, 4) is 11.8 Å². The summed E-state index contributed by atoms with van der Waals surface area (Å²) in [6, 6.07) is 7.64. The second kappa shape index (κ2) is 8.34. The summed E-state index contributed by atoms with van der Waals surface area (Å²) in [6.45, 7) is 5.24. The molecule has 24 heavy (non-hydrogen) atoms. The normalized spacial score (nSPS) is 14.8. The number of nitriles is 1. The molecule has 0 spiro atoms. The largest absolute Gasteiger partial charge is 0.484 e. The van der Waals surface area contributed by atoms with Gasteiger partial charge in [0, 0.05) is 19.1 Å². The van der Waals surface area contributed by atoms with Crippen LogP contribution in [-0.4, -0.2) is 42.5 Å². The molecule has 0 bridgehead atoms. The van der Waals surface area contributed by atoms with E-state index >= 15 is 0 Å². The van der Waals surface area contributed by atoms with Crippen molar-refractivity contribution in [2.24, 2.45) is 0 Å². The Morgan fingerprint density at radius 2 is 2.00 bits per heavy atom. The smallest absolute Gasteiger partial charge is 0.260 e. The zero-order chi connectivity index (χ0) is 17.5. The summed E-state index contributed by atoms with van der Waals surface area (Å²) in [5.74, 6) is 0.403. The molecule has 1 aromatic rings. The number of carbonyl (C=O) groups excluding carboxylic acids is 2. The number of hydrogen-bond donors (Lipinski definition) is 1. The Morgan fingerprint density at radius 1 is 1.29 bits per heavy atom. The average Bonchev–Trinajstić information content (AvgIpc) is 2.56. The summed E-state index contributed by atoms with van der Waals surface area (Å²) in [5.41, 5.74) is 2.32. The lowest BCUT2D eigenvalue weighted by molar-refractivity contribution is -0.134. The van der Waals surface area contributed by atoms with E-state index in [1.54, 1.807) is 4.90 Å². The van der Waals surface area contributed by atoms with Crippen molar-refractivity contribution in [1.82, 2.24) is 10.2 Å². The Kier molecular flexibility index (Phi) is 6.19. The highest BCUT2D eigenvalue weighted by Crippen LogP contribution is 2.17. The molecule has 6 heteroatoms. The van der Waals surface area contributed by atoms with E-state index in [1.165, 1.54) is 5.56 Å². The number of piperidine rings is 1. The minimum Gasteiger partial charge on any atom is -0.484 e. The summed E-state index contributed by atoms with van der Waals surface area (Å²) in [6.07, 6.45) is 1.28. The molecule has 1 saturated heterocycles. The number of nitrogens with one attached hydrogen (secondary N) is 1. The minimum absolute atomic E-state index is 0.0218. The first kappa shape index (κ1) is 17.8. The third-order valence-electron chi connectivity index (χ3n) is 4.29. The van der Waals surface area contributed by atoms with Crippen molar-refractivity contribution in [2.75, 3.05) is 19.7 Å². The van der Waals surface area contributed by atoms with Crippen LogP contribution in [0.15, 0.2) is 18.2 Å². The van der Waals surface area contributed by atoms with Gasteiger partial charge in [-0.15, -0.1) is 0 Å². The lowest BCUT2D eigenvalue weighted by Gasteiger charge is -2.32. The van der Waals surface area contributed by atoms with Crippen LogP contribution >= 0.6 is 0 Å². The lowest BCUT2D eigenvalue weighted by atomic mass is 10.0. The van der Waals surface area contributed by atoms with Gasteiger partial charge in [-0.1, -0.05) is 6.07 Å². The SMILES string of the molecule is Cc1ccc(OCC(=O)N2CCC(NC(=O)CC#N)CC2)cc1C. The molecule has 1 aliphatic heterocycles. The fourth-order valence-electron chi connectivity index (χ4n) is 2.66. The molecule has 1 aliphatic rings. The Morgan fingerprint density at radius 3 is 2.62 bits per heavy atom. The molecule has 2 rings (SSSR count). The van der Waals surface area contributed by atoms with Gasteiger partial charge in [-0.2, -0.15) is 5.26 Å². The van der Waals surface area contributed by atoms with E-state index in [0.29, 0.717) is 31.7 Å². The van der Waals surface area contributed by atoms with Crippen LogP contribution in [0.2, 0.25) is 0 Å². The van der Waals surface area contributed by atoms with Crippen LogP contribution in [0.3, 0.4) is 0 Å². The number of amides is 2. The number of nitrogens with zero attached hydrogens (tertiary/aromatic N) is 2. The van der Waals surface area contributed by atoms with Gasteiger partial charge in [0.05, 0.1) is 6.07 Å². The molecule has 1 N–H and O–H groups in total. The van der Waals surface area contributed by atoms with Crippen LogP contribution < -0.4 is 10.1 Å². The van der Waals surface area contributed by atoms with Crippen LogP contribution in [0.5, 0.6) is 5.75 Å². The van der Waals surface area contributed by atoms with Crippen molar-refractivity contribution in [3.05, 3.63) is 29.3 Å². The van der Waals surface area contributed by atoms with Crippen molar-refractivity contribution in [1.29, 1.82) is 5.26 Å². The van der Waals surface area contributed by atoms with E-state index in [4.69, 9.17) is 10.00 Å². The molecule has 0 saturated carbocycles. The minimum atomic E-state index is -0.250. The van der Waals surface area contributed by atoms with Crippen LogP contribution in [0, 0.1) is 25.2 Å². The van der Waals surface area contributed by atoms with Crippen molar-refractivity contribution in [3.63, 3.8) is 0 Å². The molecule has 0 unspecified atom stereocenters. The molecular formula is C18H23N3O3. The number of rotatable bonds is 5. The molecule has 0 atom stereocenters. The molecular weight excluding hydrogens is 306 g/mol. The van der Waals surface area contributed by atoms with Crippen molar-refractivity contribution in [2.45, 2.75) is 39.2 Å². The molecule has 6 nitrogen and oxygen atoms in total. The van der Waals surface area contributed by atoms with Gasteiger partial charge in [0.25, 0.3) is 5.91 Å². The summed E-state index contributed by atoms with van der Waals surface area (Å²) in [4.78, 5) is 25.4. The average molecular weight is 329 g/mol. The molecule has 1 fully saturated rings. The van der Waals surface area contributed by atoms with E-state index < -0.39 is 0 Å². The summed E-state index contributed by atoms with van der Waals surface area (Å²) < 4.78 is 5.58. The second-order valence-electron chi connectivity index (χ2n) is 6.09. The molecule has 0 aromatic heterocycles. The molecule has 128 valence electrons. The van der Waals surface area contributed by atoms with Gasteiger partial charge >= 0.3 is 0 Å². The Bertz CT molecular complexity index is 643. The first-order valence-corrected chi connectivity index (χ1v) is 8.13. The lowest BCUT2D eigenvalue weighted by Crippen LogP contribution is -2.47. The maximum absolute atomic E-state index is 12.2. The topological polar surface area (TPSA) is 82.4 Å². The first-order chi connectivity index (χ1) is 11.5. The third kappa shape index (κ3) is 4.98. The molecule has 1 heterocycles. The van der Waals surface area contributed by atoms with Crippen LogP contribution in [-0.2, 0) is 9.59 Å². The number of hydrogen-bond acceptors (Lipinski definition) is 4. The van der Waals surface area contributed by atoms with Crippen molar-refractivity contribution < 1.29 is 14.3 Å². The second-order valence-corrected chi connectivity index (χ2v) is 6.09. The molecule has 1 aromatic carbocycles. The van der Waals surface area contributed by atoms with Gasteiger partial charge in [-0.3, -0.25) is 9.59 Å². The maximum Gasteiger partial charge on any atom is 0.260 e. The zero-order valence-corrected chi connectivity index (χ0v) is 14.2. The van der Waals surface area contributed by atoms with Gasteiger partial charge in [0.2, 0.25) is 5.91 Å². The van der Waals surface area contributed by atoms with Gasteiger partial charge < -0.3 is 15.0 Å². The van der Waals surface area contributed by atoms with Crippen LogP contribution in [0.1, 0.15) is 30.4 Å². The fourth-order valence-corrected chi connectivity index (χ4v) is 2.66. The molecule has 2 amide bonds. The maximum atomic E-state index is 12.2. The predicted octanol–water partition coefficient (Wildman–Crippen LogP) is 1.70. The van der Waals surface area contributed by atoms with Gasteiger partial charge in [0.1, 0.15) is 12.2 Å². The number of ether oxygens (including phenoxy) is 1. The summed E-state index contributed by atoms with van der Waals surface area (Å²) in [5, 5.41) is 11.3. The van der Waals surface area contributed by atoms with Crippen LogP contribution in [0.25, 0.3) is 0 Å². The van der Waals surface area contributed by atoms with Gasteiger partial charge in [0.15, 0.2) is 6.61 Å². The zero-order valence-electron chi connectivity index (χ0n) is 14.2. The highest BCUT2D eigenvalue weighted by atomic mass is 16.5. The number of benzene rings is 1. The predicted molar refractivity (Wildman–Crippen MR) is 89.4 cm³/mol. The van der Waals surface area contributed by atoms with Crippen LogP contribution in [0.4, 0.5) is 0 Å². The first-order valence-electron chi connectivity index (χ1n) is 8.13. The van der Waals surface area contributed by atoms with E-state index in [2.05, 4.69) is 5.32 Å². The van der Waals surface area contributed by atoms with E-state index in [9.17, 15) is 9.59 Å². The summed E-state index contributed by atoms with van der Waals surface area (Å²) in [7, 11) is 0. The van der Waals surface area contributed by atoms with Crippen molar-refractivity contribution >= 4 is 11.8 Å². The molecule has 0 radical (unpaired) electrons. The molecule has 0 aliphatic carbocycles. The monoisotopic (exact) mass is 329 g/mol. The van der Waals surface area contributed by atoms with E-state index in [0.717, 1.165) is 5.56 Å². The fraction of sp³-hybridized carbons (Fsp3) is 0.500. The van der Waals surface area contributed by atoms with Gasteiger partial charge in [-0.25, -0.2) is 0 Å². The number of aryl methyl sites for hydroxylation is 2.